The molecule has 1 rings (SSSR count). The SMILES string of the molecule is CC(C)(C)CC(C)(C)/N=C/c1cc(C(C)(C)C)cc(C(C)(C)C)c1O. The number of benzene rings is 1. The lowest BCUT2D eigenvalue weighted by Crippen LogP contribution is -2.25. The highest BCUT2D eigenvalue weighted by Gasteiger charge is 2.26. The molecule has 1 aromatic rings. The Morgan fingerprint density at radius 2 is 1.36 bits per heavy atom. The van der Waals surface area contributed by atoms with Crippen LogP contribution in [0.2, 0.25) is 0 Å². The number of phenols is 1. The van der Waals surface area contributed by atoms with Crippen molar-refractivity contribution in [2.45, 2.75) is 99.0 Å². The average Bonchev–Trinajstić information content (AvgIpc) is 2.31. The molecule has 142 valence electrons. The van der Waals surface area contributed by atoms with Crippen LogP contribution in [0.25, 0.3) is 0 Å². The van der Waals surface area contributed by atoms with Crippen molar-refractivity contribution < 1.29 is 5.11 Å². The molecule has 25 heavy (non-hydrogen) atoms. The first-order valence-corrected chi connectivity index (χ1v) is 9.36. The minimum Gasteiger partial charge on any atom is -0.507 e. The second-order valence-corrected chi connectivity index (χ2v) is 11.3. The van der Waals surface area contributed by atoms with E-state index in [0.717, 1.165) is 17.5 Å². The third-order valence-corrected chi connectivity index (χ3v) is 4.33. The van der Waals surface area contributed by atoms with Gasteiger partial charge in [-0.05, 0) is 48.1 Å². The molecule has 0 unspecified atom stereocenters. The van der Waals surface area contributed by atoms with E-state index in [4.69, 9.17) is 4.99 Å². The fraction of sp³-hybridized carbons (Fsp3) is 0.696. The van der Waals surface area contributed by atoms with Gasteiger partial charge in [0.05, 0.1) is 5.54 Å². The summed E-state index contributed by atoms with van der Waals surface area (Å²) < 4.78 is 0. The lowest BCUT2D eigenvalue weighted by atomic mass is 9.79. The standard InChI is InChI=1S/C23H39NO/c1-20(2,3)15-23(10,11)24-14-16-12-17(21(4,5)6)13-18(19(16)25)22(7,8)9/h12-14,25H,15H2,1-11H3/b24-14+. The lowest BCUT2D eigenvalue weighted by Gasteiger charge is -2.29. The highest BCUT2D eigenvalue weighted by Crippen LogP contribution is 2.37. The van der Waals surface area contributed by atoms with Gasteiger partial charge in [0.2, 0.25) is 0 Å². The first-order valence-electron chi connectivity index (χ1n) is 9.36. The first-order chi connectivity index (χ1) is 10.9. The van der Waals surface area contributed by atoms with Gasteiger partial charge in [0.25, 0.3) is 0 Å². The van der Waals surface area contributed by atoms with Crippen LogP contribution in [0, 0.1) is 5.41 Å². The van der Waals surface area contributed by atoms with Crippen molar-refractivity contribution >= 4 is 6.21 Å². The van der Waals surface area contributed by atoms with Crippen LogP contribution in [0.1, 0.15) is 99.3 Å². The number of aromatic hydroxyl groups is 1. The summed E-state index contributed by atoms with van der Waals surface area (Å²) in [5.41, 5.74) is 2.99. The van der Waals surface area contributed by atoms with Crippen LogP contribution in [0.5, 0.6) is 5.75 Å². The third kappa shape index (κ3) is 6.49. The van der Waals surface area contributed by atoms with E-state index in [0.29, 0.717) is 5.75 Å². The molecule has 2 nitrogen and oxygen atoms in total. The highest BCUT2D eigenvalue weighted by atomic mass is 16.3. The number of rotatable bonds is 3. The molecule has 0 saturated carbocycles. The van der Waals surface area contributed by atoms with E-state index in [2.05, 4.69) is 88.3 Å². The van der Waals surface area contributed by atoms with Crippen LogP contribution < -0.4 is 0 Å². The summed E-state index contributed by atoms with van der Waals surface area (Å²) in [6.07, 6.45) is 2.86. The molecule has 0 aromatic heterocycles. The van der Waals surface area contributed by atoms with Gasteiger partial charge in [-0.25, -0.2) is 0 Å². The molecule has 1 N–H and O–H groups in total. The van der Waals surface area contributed by atoms with Gasteiger partial charge in [0.15, 0.2) is 0 Å². The van der Waals surface area contributed by atoms with E-state index < -0.39 is 0 Å². The van der Waals surface area contributed by atoms with E-state index in [-0.39, 0.29) is 21.8 Å². The summed E-state index contributed by atoms with van der Waals surface area (Å²) in [7, 11) is 0. The summed E-state index contributed by atoms with van der Waals surface area (Å²) in [5, 5.41) is 10.9. The quantitative estimate of drug-likeness (QED) is 0.613. The Kier molecular flexibility index (Phi) is 5.89. The van der Waals surface area contributed by atoms with Gasteiger partial charge >= 0.3 is 0 Å². The predicted molar refractivity (Wildman–Crippen MR) is 111 cm³/mol. The first kappa shape index (κ1) is 21.7. The van der Waals surface area contributed by atoms with Crippen molar-refractivity contribution in [3.05, 3.63) is 28.8 Å². The number of hydrogen-bond donors (Lipinski definition) is 1. The Morgan fingerprint density at radius 3 is 1.76 bits per heavy atom. The van der Waals surface area contributed by atoms with Gasteiger partial charge in [-0.15, -0.1) is 0 Å². The lowest BCUT2D eigenvalue weighted by molar-refractivity contribution is 0.289. The van der Waals surface area contributed by atoms with Gasteiger partial charge in [-0.1, -0.05) is 68.4 Å². The zero-order valence-corrected chi connectivity index (χ0v) is 18.3. The second-order valence-electron chi connectivity index (χ2n) is 11.3. The number of hydrogen-bond acceptors (Lipinski definition) is 2. The van der Waals surface area contributed by atoms with Crippen LogP contribution in [0.3, 0.4) is 0 Å². The Hall–Kier alpha value is -1.31. The number of nitrogens with zero attached hydrogens (tertiary/aromatic N) is 1. The van der Waals surface area contributed by atoms with Crippen LogP contribution in [-0.2, 0) is 10.8 Å². The molecule has 0 fully saturated rings. The second kappa shape index (κ2) is 6.78. The van der Waals surface area contributed by atoms with Gasteiger partial charge < -0.3 is 5.11 Å². The van der Waals surface area contributed by atoms with E-state index in [1.54, 1.807) is 0 Å². The number of phenolic OH excluding ortho intramolecular Hbond substituents is 1. The summed E-state index contributed by atoms with van der Waals surface area (Å²) in [6.45, 7) is 24.0. The third-order valence-electron chi connectivity index (χ3n) is 4.33. The summed E-state index contributed by atoms with van der Waals surface area (Å²) in [4.78, 5) is 4.83. The Bertz CT molecular complexity index is 632. The van der Waals surface area contributed by atoms with E-state index in [1.807, 2.05) is 6.21 Å². The molecule has 1 aromatic carbocycles. The van der Waals surface area contributed by atoms with Crippen LogP contribution in [0.4, 0.5) is 0 Å². The fourth-order valence-corrected chi connectivity index (χ4v) is 3.35. The largest absolute Gasteiger partial charge is 0.507 e. The topological polar surface area (TPSA) is 32.6 Å². The van der Waals surface area contributed by atoms with Crippen molar-refractivity contribution in [2.75, 3.05) is 0 Å². The molecule has 0 heterocycles. The molecular formula is C23H39NO. The summed E-state index contributed by atoms with van der Waals surface area (Å²) in [6, 6.07) is 4.23. The van der Waals surface area contributed by atoms with Crippen molar-refractivity contribution in [2.24, 2.45) is 10.4 Å². The normalized spacial score (nSPS) is 14.4. The molecule has 0 aliphatic carbocycles. The molecular weight excluding hydrogens is 306 g/mol. The Labute approximate surface area is 155 Å². The average molecular weight is 346 g/mol. The molecule has 0 amide bonds. The van der Waals surface area contributed by atoms with Crippen LogP contribution >= 0.6 is 0 Å². The van der Waals surface area contributed by atoms with Crippen LogP contribution in [0.15, 0.2) is 17.1 Å². The summed E-state index contributed by atoms with van der Waals surface area (Å²) in [5.74, 6) is 0.357. The summed E-state index contributed by atoms with van der Waals surface area (Å²) >= 11 is 0. The van der Waals surface area contributed by atoms with Crippen molar-refractivity contribution in [3.63, 3.8) is 0 Å². The minimum atomic E-state index is -0.162. The fourth-order valence-electron chi connectivity index (χ4n) is 3.35. The van der Waals surface area contributed by atoms with Gasteiger partial charge in [-0.2, -0.15) is 0 Å². The molecule has 2 heteroatoms. The zero-order valence-electron chi connectivity index (χ0n) is 18.3. The van der Waals surface area contributed by atoms with E-state index in [9.17, 15) is 5.11 Å². The van der Waals surface area contributed by atoms with Crippen LogP contribution in [-0.4, -0.2) is 16.9 Å². The monoisotopic (exact) mass is 345 g/mol. The van der Waals surface area contributed by atoms with E-state index >= 15 is 0 Å². The smallest absolute Gasteiger partial charge is 0.128 e. The molecule has 0 spiro atoms. The predicted octanol–water partition coefficient (Wildman–Crippen LogP) is 6.62. The molecule has 0 bridgehead atoms. The Morgan fingerprint density at radius 1 is 0.840 bits per heavy atom. The molecule has 0 aliphatic heterocycles. The molecule has 0 aliphatic rings. The zero-order chi connectivity index (χ0) is 19.8. The Balaban J connectivity index is 3.42. The minimum absolute atomic E-state index is 0.0250. The molecule has 0 atom stereocenters. The van der Waals surface area contributed by atoms with Gasteiger partial charge in [0.1, 0.15) is 5.75 Å². The maximum Gasteiger partial charge on any atom is 0.128 e. The van der Waals surface area contributed by atoms with Gasteiger partial charge in [-0.3, -0.25) is 4.99 Å². The molecule has 0 saturated heterocycles. The maximum atomic E-state index is 10.9. The number of aliphatic imine (C=N–C) groups is 1. The van der Waals surface area contributed by atoms with Crippen molar-refractivity contribution in [1.29, 1.82) is 0 Å². The molecule has 0 radical (unpaired) electrons. The van der Waals surface area contributed by atoms with Crippen molar-refractivity contribution in [1.82, 2.24) is 0 Å². The van der Waals surface area contributed by atoms with Crippen molar-refractivity contribution in [3.8, 4) is 5.75 Å². The highest BCUT2D eigenvalue weighted by molar-refractivity contribution is 5.85. The van der Waals surface area contributed by atoms with E-state index in [1.165, 1.54) is 5.56 Å². The van der Waals surface area contributed by atoms with Gasteiger partial charge in [0, 0.05) is 17.3 Å². The maximum absolute atomic E-state index is 10.9.